The zero-order valence-corrected chi connectivity index (χ0v) is 42.2. The Kier molecular flexibility index (Phi) is 13.9. The van der Waals surface area contributed by atoms with Crippen molar-refractivity contribution >= 4 is 47.7 Å². The molecule has 0 heterocycles. The molecule has 0 spiro atoms. The second kappa shape index (κ2) is 19.7. The fourth-order valence-corrected chi connectivity index (χ4v) is 14.9. The first kappa shape index (κ1) is 46.4. The highest BCUT2D eigenvalue weighted by molar-refractivity contribution is 7.81. The molecule has 6 heteroatoms. The standard InChI is InChI=1S/C60H60O4P2/c1-37-16-20-47(21-17-37)63-55-36-54(62-12)58(57-53(61-11)14-13-15-56(57)65(49-28-39(3)24-40(4)29-49)50-30-41(5)25-42(6)31-50)60(59(55)64-48-22-18-38(2)19-23-48)66(51-32-43(7)26-44(8)33-51)52-34-45(9)27-46(10)35-52/h13-36H,1-12H3. The second-order valence-electron chi connectivity index (χ2n) is 17.9. The summed E-state index contributed by atoms with van der Waals surface area (Å²) in [6.45, 7) is 21.7. The summed E-state index contributed by atoms with van der Waals surface area (Å²) in [7, 11) is 0.966. The summed E-state index contributed by atoms with van der Waals surface area (Å²) in [5.41, 5.74) is 13.8. The van der Waals surface area contributed by atoms with E-state index < -0.39 is 15.8 Å². The van der Waals surface area contributed by atoms with Crippen LogP contribution in [0.15, 0.2) is 146 Å². The summed E-state index contributed by atoms with van der Waals surface area (Å²) in [5.74, 6) is 3.99. The quantitative estimate of drug-likeness (QED) is 0.108. The van der Waals surface area contributed by atoms with Crippen molar-refractivity contribution in [3.8, 4) is 45.6 Å². The van der Waals surface area contributed by atoms with E-state index in [4.69, 9.17) is 18.9 Å². The molecule has 0 fully saturated rings. The van der Waals surface area contributed by atoms with Crippen LogP contribution >= 0.6 is 15.8 Å². The predicted octanol–water partition coefficient (Wildman–Crippen LogP) is 13.6. The molecule has 8 aromatic rings. The summed E-state index contributed by atoms with van der Waals surface area (Å²) < 4.78 is 27.8. The predicted molar refractivity (Wildman–Crippen MR) is 283 cm³/mol. The molecule has 0 unspecified atom stereocenters. The molecule has 66 heavy (non-hydrogen) atoms. The molecule has 0 aromatic heterocycles. The average molecular weight is 907 g/mol. The third-order valence-electron chi connectivity index (χ3n) is 11.7. The van der Waals surface area contributed by atoms with Crippen LogP contribution in [-0.2, 0) is 0 Å². The highest BCUT2D eigenvalue weighted by Crippen LogP contribution is 2.53. The molecule has 0 saturated carbocycles. The van der Waals surface area contributed by atoms with Gasteiger partial charge in [0.05, 0.1) is 14.2 Å². The summed E-state index contributed by atoms with van der Waals surface area (Å²) in [6.07, 6.45) is 0. The zero-order valence-electron chi connectivity index (χ0n) is 40.4. The van der Waals surface area contributed by atoms with E-state index in [0.717, 1.165) is 38.6 Å². The average Bonchev–Trinajstić information content (AvgIpc) is 3.25. The summed E-state index contributed by atoms with van der Waals surface area (Å²) >= 11 is 0. The van der Waals surface area contributed by atoms with Crippen molar-refractivity contribution < 1.29 is 18.9 Å². The number of benzene rings is 8. The molecule has 0 aliphatic carbocycles. The van der Waals surface area contributed by atoms with E-state index in [9.17, 15) is 0 Å². The Labute approximate surface area is 395 Å². The maximum Gasteiger partial charge on any atom is 0.179 e. The first-order chi connectivity index (χ1) is 31.7. The Morgan fingerprint density at radius 1 is 0.318 bits per heavy atom. The first-order valence-corrected chi connectivity index (χ1v) is 25.2. The minimum Gasteiger partial charge on any atom is -0.496 e. The Morgan fingerprint density at radius 3 is 1.09 bits per heavy atom. The van der Waals surface area contributed by atoms with Crippen molar-refractivity contribution in [2.24, 2.45) is 0 Å². The van der Waals surface area contributed by atoms with E-state index in [2.05, 4.69) is 184 Å². The lowest BCUT2D eigenvalue weighted by atomic mass is 10.0. The zero-order chi connectivity index (χ0) is 46.8. The molecular formula is C60H60O4P2. The topological polar surface area (TPSA) is 36.9 Å². The van der Waals surface area contributed by atoms with Gasteiger partial charge < -0.3 is 18.9 Å². The number of hydrogen-bond acceptors (Lipinski definition) is 4. The normalized spacial score (nSPS) is 11.3. The molecule has 0 N–H and O–H groups in total. The lowest BCUT2D eigenvalue weighted by Gasteiger charge is -2.31. The maximum atomic E-state index is 7.40. The van der Waals surface area contributed by atoms with Crippen molar-refractivity contribution in [2.45, 2.75) is 69.2 Å². The largest absolute Gasteiger partial charge is 0.496 e. The third kappa shape index (κ3) is 10.1. The lowest BCUT2D eigenvalue weighted by molar-refractivity contribution is 0.397. The van der Waals surface area contributed by atoms with Gasteiger partial charge in [-0.15, -0.1) is 0 Å². The van der Waals surface area contributed by atoms with Gasteiger partial charge >= 0.3 is 0 Å². The van der Waals surface area contributed by atoms with Crippen LogP contribution < -0.4 is 50.8 Å². The van der Waals surface area contributed by atoms with Gasteiger partial charge in [0, 0.05) is 22.5 Å². The minimum atomic E-state index is -1.41. The summed E-state index contributed by atoms with van der Waals surface area (Å²) in [4.78, 5) is 0. The van der Waals surface area contributed by atoms with Crippen molar-refractivity contribution in [2.75, 3.05) is 14.2 Å². The number of rotatable bonds is 13. The molecule has 4 nitrogen and oxygen atoms in total. The summed E-state index contributed by atoms with van der Waals surface area (Å²) in [6, 6.07) is 52.8. The van der Waals surface area contributed by atoms with Gasteiger partial charge in [-0.05, 0) is 142 Å². The van der Waals surface area contributed by atoms with Crippen LogP contribution in [-0.4, -0.2) is 14.2 Å². The highest BCUT2D eigenvalue weighted by atomic mass is 31.1. The number of ether oxygens (including phenoxy) is 4. The first-order valence-electron chi connectivity index (χ1n) is 22.5. The Bertz CT molecular complexity index is 2880. The van der Waals surface area contributed by atoms with Gasteiger partial charge in [-0.25, -0.2) is 0 Å². The molecule has 8 rings (SSSR count). The van der Waals surface area contributed by atoms with Crippen LogP contribution in [0, 0.1) is 69.2 Å². The minimum absolute atomic E-state index is 0.554. The number of hydrogen-bond donors (Lipinski definition) is 0. The van der Waals surface area contributed by atoms with Gasteiger partial charge in [-0.2, -0.15) is 0 Å². The van der Waals surface area contributed by atoms with Crippen LogP contribution in [0.5, 0.6) is 34.5 Å². The third-order valence-corrected chi connectivity index (χ3v) is 16.5. The maximum absolute atomic E-state index is 7.40. The molecule has 0 bridgehead atoms. The smallest absolute Gasteiger partial charge is 0.179 e. The van der Waals surface area contributed by atoms with E-state index in [1.807, 2.05) is 30.3 Å². The van der Waals surface area contributed by atoms with Gasteiger partial charge in [-0.1, -0.05) is 165 Å². The Hall–Kier alpha value is -6.18. The van der Waals surface area contributed by atoms with E-state index in [-0.39, 0.29) is 0 Å². The van der Waals surface area contributed by atoms with Crippen LogP contribution in [0.2, 0.25) is 0 Å². The van der Waals surface area contributed by atoms with Crippen LogP contribution in [0.3, 0.4) is 0 Å². The molecule has 334 valence electrons. The van der Waals surface area contributed by atoms with Crippen LogP contribution in [0.25, 0.3) is 11.1 Å². The molecule has 0 atom stereocenters. The van der Waals surface area contributed by atoms with Crippen molar-refractivity contribution in [1.29, 1.82) is 0 Å². The molecule has 0 amide bonds. The fraction of sp³-hybridized carbons (Fsp3) is 0.200. The SMILES string of the molecule is COc1cccc(P(c2cc(C)cc(C)c2)c2cc(C)cc(C)c2)c1-c1c(OC)cc(Oc2ccc(C)cc2)c(Oc2ccc(C)cc2)c1P(c1cc(C)cc(C)c1)c1cc(C)cc(C)c1. The highest BCUT2D eigenvalue weighted by Gasteiger charge is 2.35. The van der Waals surface area contributed by atoms with E-state index in [1.54, 1.807) is 14.2 Å². The summed E-state index contributed by atoms with van der Waals surface area (Å²) in [5, 5.41) is 7.05. The van der Waals surface area contributed by atoms with Gasteiger partial charge in [0.2, 0.25) is 0 Å². The van der Waals surface area contributed by atoms with Gasteiger partial charge in [0.25, 0.3) is 0 Å². The van der Waals surface area contributed by atoms with Gasteiger partial charge in [0.1, 0.15) is 23.0 Å². The second-order valence-corrected chi connectivity index (χ2v) is 22.2. The molecule has 0 aliphatic heterocycles. The number of aryl methyl sites for hydroxylation is 10. The number of methoxy groups -OCH3 is 2. The Balaban J connectivity index is 1.60. The van der Waals surface area contributed by atoms with E-state index in [0.29, 0.717) is 28.7 Å². The lowest BCUT2D eigenvalue weighted by Crippen LogP contribution is -2.28. The van der Waals surface area contributed by atoms with Crippen LogP contribution in [0.1, 0.15) is 55.6 Å². The van der Waals surface area contributed by atoms with E-state index in [1.165, 1.54) is 65.7 Å². The van der Waals surface area contributed by atoms with Gasteiger partial charge in [0.15, 0.2) is 11.5 Å². The van der Waals surface area contributed by atoms with Gasteiger partial charge in [-0.3, -0.25) is 0 Å². The molecule has 0 saturated heterocycles. The van der Waals surface area contributed by atoms with E-state index >= 15 is 0 Å². The molecule has 8 aromatic carbocycles. The molecule has 0 aliphatic rings. The molecule has 0 radical (unpaired) electrons. The Morgan fingerprint density at radius 2 is 0.697 bits per heavy atom. The van der Waals surface area contributed by atoms with Crippen molar-refractivity contribution in [3.05, 3.63) is 201 Å². The van der Waals surface area contributed by atoms with Crippen molar-refractivity contribution in [1.82, 2.24) is 0 Å². The molecular weight excluding hydrogens is 847 g/mol. The van der Waals surface area contributed by atoms with Crippen molar-refractivity contribution in [3.63, 3.8) is 0 Å². The van der Waals surface area contributed by atoms with Crippen LogP contribution in [0.4, 0.5) is 0 Å². The fourth-order valence-electron chi connectivity index (χ4n) is 9.13. The monoisotopic (exact) mass is 906 g/mol.